The summed E-state index contributed by atoms with van der Waals surface area (Å²) in [6.45, 7) is 0.565. The third kappa shape index (κ3) is 3.44. The Hall–Kier alpha value is -2.76. The summed E-state index contributed by atoms with van der Waals surface area (Å²) in [5, 5.41) is 3.59. The van der Waals surface area contributed by atoms with Gasteiger partial charge in [0.15, 0.2) is 5.76 Å². The van der Waals surface area contributed by atoms with Crippen LogP contribution in [-0.4, -0.2) is 18.4 Å². The Morgan fingerprint density at radius 3 is 2.67 bits per heavy atom. The zero-order valence-corrected chi connectivity index (χ0v) is 15.6. The number of halogens is 2. The molecule has 0 aliphatic carbocycles. The average Bonchev–Trinajstić information content (AvgIpc) is 3.30. The van der Waals surface area contributed by atoms with Crippen LogP contribution in [0.25, 0.3) is 0 Å². The zero-order chi connectivity index (χ0) is 19.0. The monoisotopic (exact) mass is 400 g/mol. The molecule has 136 valence electrons. The topological polar surface area (TPSA) is 62.6 Å². The molecule has 0 bridgehead atoms. The molecule has 0 spiro atoms. The maximum atomic E-state index is 12.5. The summed E-state index contributed by atoms with van der Waals surface area (Å²) in [6.07, 6.45) is 2.18. The van der Waals surface area contributed by atoms with Gasteiger partial charge in [-0.2, -0.15) is 0 Å². The summed E-state index contributed by atoms with van der Waals surface area (Å²) in [5.41, 5.74) is 2.78. The quantitative estimate of drug-likeness (QED) is 0.669. The third-order valence-electron chi connectivity index (χ3n) is 4.39. The van der Waals surface area contributed by atoms with E-state index in [0.29, 0.717) is 35.0 Å². The highest BCUT2D eigenvalue weighted by Gasteiger charge is 2.27. The molecule has 0 saturated carbocycles. The second-order valence-corrected chi connectivity index (χ2v) is 6.95. The SMILES string of the molecule is O=C(Nc1ccc2c(c1)CCN2C(=O)c1ccco1)c1ccc(Cl)cc1Cl. The van der Waals surface area contributed by atoms with Crippen LogP contribution in [0.5, 0.6) is 0 Å². The van der Waals surface area contributed by atoms with Crippen LogP contribution in [0.2, 0.25) is 10.0 Å². The van der Waals surface area contributed by atoms with E-state index in [1.54, 1.807) is 35.2 Å². The highest BCUT2D eigenvalue weighted by molar-refractivity contribution is 6.37. The Bertz CT molecular complexity index is 1030. The van der Waals surface area contributed by atoms with E-state index in [1.165, 1.54) is 12.3 Å². The van der Waals surface area contributed by atoms with Crippen LogP contribution < -0.4 is 10.2 Å². The number of benzene rings is 2. The second kappa shape index (κ2) is 7.10. The summed E-state index contributed by atoms with van der Waals surface area (Å²) in [4.78, 5) is 26.7. The maximum absolute atomic E-state index is 12.5. The van der Waals surface area contributed by atoms with Crippen LogP contribution in [0.1, 0.15) is 26.5 Å². The minimum absolute atomic E-state index is 0.177. The third-order valence-corrected chi connectivity index (χ3v) is 4.93. The number of nitrogens with one attached hydrogen (secondary N) is 1. The van der Waals surface area contributed by atoms with Crippen LogP contribution >= 0.6 is 23.2 Å². The molecule has 5 nitrogen and oxygen atoms in total. The Morgan fingerprint density at radius 1 is 1.07 bits per heavy atom. The summed E-state index contributed by atoms with van der Waals surface area (Å²) in [7, 11) is 0. The zero-order valence-electron chi connectivity index (χ0n) is 14.0. The van der Waals surface area contributed by atoms with E-state index in [2.05, 4.69) is 5.32 Å². The molecule has 0 radical (unpaired) electrons. The van der Waals surface area contributed by atoms with Crippen molar-refractivity contribution in [2.75, 3.05) is 16.8 Å². The smallest absolute Gasteiger partial charge is 0.293 e. The molecule has 27 heavy (non-hydrogen) atoms. The molecule has 4 rings (SSSR count). The van der Waals surface area contributed by atoms with Crippen LogP contribution in [0.3, 0.4) is 0 Å². The lowest BCUT2D eigenvalue weighted by atomic mass is 10.1. The number of furan rings is 1. The molecule has 7 heteroatoms. The molecule has 2 heterocycles. The van der Waals surface area contributed by atoms with Gasteiger partial charge in [0.1, 0.15) is 0 Å². The number of carbonyl (C=O) groups excluding carboxylic acids is 2. The first-order valence-corrected chi connectivity index (χ1v) is 9.03. The van der Waals surface area contributed by atoms with Crippen molar-refractivity contribution in [3.63, 3.8) is 0 Å². The van der Waals surface area contributed by atoms with E-state index >= 15 is 0 Å². The van der Waals surface area contributed by atoms with Crippen molar-refractivity contribution in [1.82, 2.24) is 0 Å². The number of amides is 2. The summed E-state index contributed by atoms with van der Waals surface area (Å²) < 4.78 is 5.20. The summed E-state index contributed by atoms with van der Waals surface area (Å²) in [6, 6.07) is 13.5. The average molecular weight is 401 g/mol. The van der Waals surface area contributed by atoms with E-state index in [-0.39, 0.29) is 16.8 Å². The molecular weight excluding hydrogens is 387 g/mol. The van der Waals surface area contributed by atoms with E-state index in [0.717, 1.165) is 11.3 Å². The van der Waals surface area contributed by atoms with Crippen molar-refractivity contribution in [3.8, 4) is 0 Å². The molecule has 3 aromatic rings. The van der Waals surface area contributed by atoms with Gasteiger partial charge in [0.2, 0.25) is 0 Å². The van der Waals surface area contributed by atoms with Crippen LogP contribution in [-0.2, 0) is 6.42 Å². The van der Waals surface area contributed by atoms with Crippen molar-refractivity contribution in [3.05, 3.63) is 81.7 Å². The van der Waals surface area contributed by atoms with Gasteiger partial charge in [0, 0.05) is 22.9 Å². The predicted molar refractivity (Wildman–Crippen MR) is 105 cm³/mol. The molecule has 0 fully saturated rings. The largest absolute Gasteiger partial charge is 0.459 e. The number of hydrogen-bond donors (Lipinski definition) is 1. The van der Waals surface area contributed by atoms with Crippen molar-refractivity contribution in [1.29, 1.82) is 0 Å². The summed E-state index contributed by atoms with van der Waals surface area (Å²) >= 11 is 12.0. The van der Waals surface area contributed by atoms with Crippen LogP contribution in [0, 0.1) is 0 Å². The van der Waals surface area contributed by atoms with Gasteiger partial charge in [0.05, 0.1) is 16.8 Å². The maximum Gasteiger partial charge on any atom is 0.293 e. The summed E-state index contributed by atoms with van der Waals surface area (Å²) in [5.74, 6) is -0.195. The molecule has 0 unspecified atom stereocenters. The Kier molecular flexibility index (Phi) is 4.64. The van der Waals surface area contributed by atoms with Gasteiger partial charge in [-0.15, -0.1) is 0 Å². The molecule has 1 N–H and O–H groups in total. The van der Waals surface area contributed by atoms with Crippen LogP contribution in [0.4, 0.5) is 11.4 Å². The van der Waals surface area contributed by atoms with Crippen LogP contribution in [0.15, 0.2) is 59.2 Å². The van der Waals surface area contributed by atoms with E-state index in [4.69, 9.17) is 27.6 Å². The van der Waals surface area contributed by atoms with Gasteiger partial charge in [-0.05, 0) is 60.5 Å². The highest BCUT2D eigenvalue weighted by atomic mass is 35.5. The highest BCUT2D eigenvalue weighted by Crippen LogP contribution is 2.32. The van der Waals surface area contributed by atoms with Gasteiger partial charge in [-0.3, -0.25) is 9.59 Å². The van der Waals surface area contributed by atoms with Crippen molar-refractivity contribution in [2.45, 2.75) is 6.42 Å². The minimum atomic E-state index is -0.321. The van der Waals surface area contributed by atoms with Gasteiger partial charge in [-0.25, -0.2) is 0 Å². The fraction of sp³-hybridized carbons (Fsp3) is 0.100. The number of carbonyl (C=O) groups is 2. The normalized spacial score (nSPS) is 12.7. The van der Waals surface area contributed by atoms with Crippen molar-refractivity contribution >= 4 is 46.4 Å². The Labute approximate surface area is 165 Å². The van der Waals surface area contributed by atoms with Gasteiger partial charge in [0.25, 0.3) is 11.8 Å². The van der Waals surface area contributed by atoms with E-state index < -0.39 is 0 Å². The first-order valence-electron chi connectivity index (χ1n) is 8.27. The lowest BCUT2D eigenvalue weighted by molar-refractivity contribution is 0.0962. The lowest BCUT2D eigenvalue weighted by Crippen LogP contribution is -2.28. The van der Waals surface area contributed by atoms with Gasteiger partial charge >= 0.3 is 0 Å². The van der Waals surface area contributed by atoms with Crippen molar-refractivity contribution in [2.24, 2.45) is 0 Å². The molecule has 1 aliphatic rings. The fourth-order valence-corrected chi connectivity index (χ4v) is 3.59. The standard InChI is InChI=1S/C20H14Cl2N2O3/c21-13-3-5-15(16(22)11-13)19(25)23-14-4-6-17-12(10-14)7-8-24(17)20(26)18-2-1-9-27-18/h1-6,9-11H,7-8H2,(H,23,25). The number of hydrogen-bond acceptors (Lipinski definition) is 3. The van der Waals surface area contributed by atoms with Gasteiger partial charge in [-0.1, -0.05) is 23.2 Å². The van der Waals surface area contributed by atoms with Gasteiger partial charge < -0.3 is 14.6 Å². The first-order chi connectivity index (χ1) is 13.0. The number of anilines is 2. The molecule has 1 aromatic heterocycles. The molecule has 2 aromatic carbocycles. The molecule has 2 amide bonds. The number of nitrogens with zero attached hydrogens (tertiary/aromatic N) is 1. The van der Waals surface area contributed by atoms with E-state index in [1.807, 2.05) is 12.1 Å². The fourth-order valence-electron chi connectivity index (χ4n) is 3.10. The predicted octanol–water partition coefficient (Wildman–Crippen LogP) is 5.04. The second-order valence-electron chi connectivity index (χ2n) is 6.11. The lowest BCUT2D eigenvalue weighted by Gasteiger charge is -2.16. The molecule has 1 aliphatic heterocycles. The Balaban J connectivity index is 1.54. The molecule has 0 atom stereocenters. The molecule has 0 saturated heterocycles. The Morgan fingerprint density at radius 2 is 1.93 bits per heavy atom. The first kappa shape index (κ1) is 17.6. The molecular formula is C20H14Cl2N2O3. The number of rotatable bonds is 3. The minimum Gasteiger partial charge on any atom is -0.459 e. The van der Waals surface area contributed by atoms with Crippen molar-refractivity contribution < 1.29 is 14.0 Å². The van der Waals surface area contributed by atoms with E-state index in [9.17, 15) is 9.59 Å². The number of fused-ring (bicyclic) bond motifs is 1.